The maximum atomic E-state index is 11.6. The summed E-state index contributed by atoms with van der Waals surface area (Å²) in [5.74, 6) is -0.728. The van der Waals surface area contributed by atoms with Crippen LogP contribution in [0, 0.1) is 5.92 Å². The van der Waals surface area contributed by atoms with Crippen LogP contribution in [0.5, 0.6) is 0 Å². The number of amides is 1. The van der Waals surface area contributed by atoms with Gasteiger partial charge in [0, 0.05) is 18.4 Å². The van der Waals surface area contributed by atoms with Crippen LogP contribution in [0.15, 0.2) is 0 Å². The van der Waals surface area contributed by atoms with E-state index in [4.69, 9.17) is 5.11 Å². The number of carbonyl (C=O) groups excluding carboxylic acids is 1. The van der Waals surface area contributed by atoms with Crippen molar-refractivity contribution in [3.63, 3.8) is 0 Å². The van der Waals surface area contributed by atoms with E-state index in [9.17, 15) is 9.59 Å². The van der Waals surface area contributed by atoms with Gasteiger partial charge in [-0.2, -0.15) is 0 Å². The Balaban J connectivity index is 3.89. The predicted molar refractivity (Wildman–Crippen MR) is 58.5 cm³/mol. The molecule has 0 heterocycles. The largest absolute Gasteiger partial charge is 0.481 e. The van der Waals surface area contributed by atoms with Crippen molar-refractivity contribution in [2.75, 3.05) is 0 Å². The van der Waals surface area contributed by atoms with Crippen LogP contribution in [-0.4, -0.2) is 23.0 Å². The van der Waals surface area contributed by atoms with E-state index in [1.165, 1.54) is 0 Å². The summed E-state index contributed by atoms with van der Waals surface area (Å²) in [7, 11) is 0. The Kier molecular flexibility index (Phi) is 6.75. The fourth-order valence-electron chi connectivity index (χ4n) is 1.43. The van der Waals surface area contributed by atoms with Crippen LogP contribution in [0.3, 0.4) is 0 Å². The monoisotopic (exact) mass is 215 g/mol. The van der Waals surface area contributed by atoms with Gasteiger partial charge in [-0.15, -0.1) is 0 Å². The standard InChI is InChI=1S/C11H21NO3/c1-4-9(5-2)11(15)12-8(3)6-7-10(13)14/h8-9H,4-7H2,1-3H3,(H,12,15)(H,13,14). The Bertz CT molecular complexity index is 212. The number of hydrogen-bond donors (Lipinski definition) is 2. The van der Waals surface area contributed by atoms with Crippen molar-refractivity contribution in [2.24, 2.45) is 5.92 Å². The van der Waals surface area contributed by atoms with Gasteiger partial charge in [-0.05, 0) is 26.2 Å². The summed E-state index contributed by atoms with van der Waals surface area (Å²) in [4.78, 5) is 21.9. The smallest absolute Gasteiger partial charge is 0.303 e. The average molecular weight is 215 g/mol. The third-order valence-corrected chi connectivity index (χ3v) is 2.54. The van der Waals surface area contributed by atoms with Gasteiger partial charge >= 0.3 is 5.97 Å². The topological polar surface area (TPSA) is 66.4 Å². The summed E-state index contributed by atoms with van der Waals surface area (Å²) >= 11 is 0. The van der Waals surface area contributed by atoms with Gasteiger partial charge in [-0.3, -0.25) is 9.59 Å². The maximum absolute atomic E-state index is 11.6. The zero-order valence-electron chi connectivity index (χ0n) is 9.75. The fourth-order valence-corrected chi connectivity index (χ4v) is 1.43. The third-order valence-electron chi connectivity index (χ3n) is 2.54. The van der Waals surface area contributed by atoms with Gasteiger partial charge in [-0.1, -0.05) is 13.8 Å². The zero-order valence-corrected chi connectivity index (χ0v) is 9.75. The summed E-state index contributed by atoms with van der Waals surface area (Å²) in [6.07, 6.45) is 2.24. The van der Waals surface area contributed by atoms with Crippen molar-refractivity contribution in [3.05, 3.63) is 0 Å². The van der Waals surface area contributed by atoms with Gasteiger partial charge < -0.3 is 10.4 Å². The predicted octanol–water partition coefficient (Wildman–Crippen LogP) is 1.79. The van der Waals surface area contributed by atoms with Crippen molar-refractivity contribution in [2.45, 2.75) is 52.5 Å². The lowest BCUT2D eigenvalue weighted by Gasteiger charge is -2.17. The van der Waals surface area contributed by atoms with Crippen molar-refractivity contribution < 1.29 is 14.7 Å². The minimum atomic E-state index is -0.821. The molecule has 0 saturated carbocycles. The normalized spacial score (nSPS) is 12.5. The second-order valence-corrected chi connectivity index (χ2v) is 3.86. The maximum Gasteiger partial charge on any atom is 0.303 e. The van der Waals surface area contributed by atoms with Crippen molar-refractivity contribution in [1.29, 1.82) is 0 Å². The minimum Gasteiger partial charge on any atom is -0.481 e. The molecule has 4 nitrogen and oxygen atoms in total. The molecule has 15 heavy (non-hydrogen) atoms. The van der Waals surface area contributed by atoms with E-state index in [2.05, 4.69) is 5.32 Å². The number of carboxylic acid groups (broad SMARTS) is 1. The Hall–Kier alpha value is -1.06. The molecule has 1 atom stereocenters. The number of hydrogen-bond acceptors (Lipinski definition) is 2. The van der Waals surface area contributed by atoms with Crippen LogP contribution >= 0.6 is 0 Å². The quantitative estimate of drug-likeness (QED) is 0.680. The van der Waals surface area contributed by atoms with Gasteiger partial charge in [0.2, 0.25) is 5.91 Å². The SMILES string of the molecule is CCC(CC)C(=O)NC(C)CCC(=O)O. The minimum absolute atomic E-state index is 0.0397. The molecule has 0 rings (SSSR count). The molecular weight excluding hydrogens is 194 g/mol. The Morgan fingerprint density at radius 2 is 1.80 bits per heavy atom. The molecule has 4 heteroatoms. The summed E-state index contributed by atoms with van der Waals surface area (Å²) in [5, 5.41) is 11.3. The van der Waals surface area contributed by atoms with Crippen LogP contribution in [0.2, 0.25) is 0 Å². The lowest BCUT2D eigenvalue weighted by molar-refractivity contribution is -0.137. The molecule has 0 aliphatic rings. The second kappa shape index (κ2) is 7.26. The third kappa shape index (κ3) is 6.10. The molecule has 0 bridgehead atoms. The number of rotatable bonds is 7. The molecule has 2 N–H and O–H groups in total. The number of carboxylic acids is 1. The summed E-state index contributed by atoms with van der Waals surface area (Å²) in [5.41, 5.74) is 0. The highest BCUT2D eigenvalue weighted by Crippen LogP contribution is 2.08. The van der Waals surface area contributed by atoms with Crippen LogP contribution in [0.1, 0.15) is 46.5 Å². The van der Waals surface area contributed by atoms with Gasteiger partial charge in [-0.25, -0.2) is 0 Å². The molecule has 0 aliphatic heterocycles. The fraction of sp³-hybridized carbons (Fsp3) is 0.818. The first kappa shape index (κ1) is 13.9. The van der Waals surface area contributed by atoms with E-state index in [1.807, 2.05) is 20.8 Å². The Morgan fingerprint density at radius 3 is 2.20 bits per heavy atom. The Morgan fingerprint density at radius 1 is 1.27 bits per heavy atom. The molecule has 0 aliphatic carbocycles. The summed E-state index contributed by atoms with van der Waals surface area (Å²) in [6.45, 7) is 5.80. The first-order valence-corrected chi connectivity index (χ1v) is 5.53. The molecule has 0 aromatic carbocycles. The highest BCUT2D eigenvalue weighted by Gasteiger charge is 2.16. The Labute approximate surface area is 91.1 Å². The molecule has 0 radical (unpaired) electrons. The number of nitrogens with one attached hydrogen (secondary N) is 1. The number of carbonyl (C=O) groups is 2. The summed E-state index contributed by atoms with van der Waals surface area (Å²) in [6, 6.07) is -0.0609. The van der Waals surface area contributed by atoms with Crippen molar-refractivity contribution in [1.82, 2.24) is 5.32 Å². The molecular formula is C11H21NO3. The summed E-state index contributed by atoms with van der Waals surface area (Å²) < 4.78 is 0. The molecule has 1 unspecified atom stereocenters. The van der Waals surface area contributed by atoms with Crippen molar-refractivity contribution >= 4 is 11.9 Å². The molecule has 88 valence electrons. The van der Waals surface area contributed by atoms with Crippen molar-refractivity contribution in [3.8, 4) is 0 Å². The van der Waals surface area contributed by atoms with E-state index in [-0.39, 0.29) is 24.3 Å². The van der Waals surface area contributed by atoms with E-state index in [0.717, 1.165) is 12.8 Å². The van der Waals surface area contributed by atoms with E-state index in [0.29, 0.717) is 6.42 Å². The molecule has 0 fully saturated rings. The van der Waals surface area contributed by atoms with Crippen LogP contribution < -0.4 is 5.32 Å². The van der Waals surface area contributed by atoms with Gasteiger partial charge in [0.05, 0.1) is 0 Å². The highest BCUT2D eigenvalue weighted by molar-refractivity contribution is 5.78. The van der Waals surface area contributed by atoms with Gasteiger partial charge in [0.25, 0.3) is 0 Å². The molecule has 0 spiro atoms. The average Bonchev–Trinajstić information content (AvgIpc) is 2.16. The zero-order chi connectivity index (χ0) is 11.8. The molecule has 1 amide bonds. The van der Waals surface area contributed by atoms with E-state index < -0.39 is 5.97 Å². The van der Waals surface area contributed by atoms with Gasteiger partial charge in [0.15, 0.2) is 0 Å². The molecule has 0 aromatic heterocycles. The lowest BCUT2D eigenvalue weighted by atomic mass is 10.0. The van der Waals surface area contributed by atoms with Crippen LogP contribution in [0.4, 0.5) is 0 Å². The highest BCUT2D eigenvalue weighted by atomic mass is 16.4. The van der Waals surface area contributed by atoms with Crippen LogP contribution in [0.25, 0.3) is 0 Å². The van der Waals surface area contributed by atoms with E-state index in [1.54, 1.807) is 0 Å². The van der Waals surface area contributed by atoms with Gasteiger partial charge in [0.1, 0.15) is 0 Å². The number of aliphatic carboxylic acids is 1. The van der Waals surface area contributed by atoms with Crippen LogP contribution in [-0.2, 0) is 9.59 Å². The van der Waals surface area contributed by atoms with E-state index >= 15 is 0 Å². The molecule has 0 saturated heterocycles. The first-order chi connectivity index (χ1) is 7.01. The second-order valence-electron chi connectivity index (χ2n) is 3.86. The first-order valence-electron chi connectivity index (χ1n) is 5.53. The molecule has 0 aromatic rings. The lowest BCUT2D eigenvalue weighted by Crippen LogP contribution is -2.37.